The van der Waals surface area contributed by atoms with Crippen molar-refractivity contribution < 1.29 is 24.6 Å². The van der Waals surface area contributed by atoms with E-state index in [1.807, 2.05) is 48.2 Å². The third-order valence-corrected chi connectivity index (χ3v) is 7.12. The lowest BCUT2D eigenvalue weighted by Crippen LogP contribution is -3.14. The van der Waals surface area contributed by atoms with E-state index >= 15 is 0 Å². The van der Waals surface area contributed by atoms with Gasteiger partial charge < -0.3 is 40.3 Å². The number of hydrogen-bond acceptors (Lipinski definition) is 6. The number of carbonyl (C=O) groups excluding carboxylic acids is 1. The molecule has 3 aliphatic rings. The fourth-order valence-electron chi connectivity index (χ4n) is 4.96. The van der Waals surface area contributed by atoms with E-state index in [0.717, 1.165) is 44.2 Å². The quantitative estimate of drug-likeness (QED) is 0.307. The molecule has 4 rings (SSSR count). The van der Waals surface area contributed by atoms with Crippen molar-refractivity contribution >= 4 is 34.6 Å². The molecular formula is C22H34N5O4S+. The Labute approximate surface area is 194 Å². The van der Waals surface area contributed by atoms with Crippen molar-refractivity contribution in [2.75, 3.05) is 63.3 Å². The SMILES string of the molecule is CN(C)c1ccc(N2C(=S)N[C@H]3[C@@H](O)[C@H](O)C[C@@H](C(=O)NCC[NH+]4CCOCC4)[C@H]32)cc1. The van der Waals surface area contributed by atoms with E-state index in [4.69, 9.17) is 17.0 Å². The number of aliphatic hydroxyl groups excluding tert-OH is 2. The van der Waals surface area contributed by atoms with Gasteiger partial charge in [-0.15, -0.1) is 0 Å². The average Bonchev–Trinajstić information content (AvgIpc) is 3.14. The van der Waals surface area contributed by atoms with Crippen LogP contribution in [0.4, 0.5) is 11.4 Å². The van der Waals surface area contributed by atoms with Gasteiger partial charge in [-0.2, -0.15) is 0 Å². The lowest BCUT2D eigenvalue weighted by Gasteiger charge is -2.41. The van der Waals surface area contributed by atoms with E-state index in [2.05, 4.69) is 10.6 Å². The van der Waals surface area contributed by atoms with Crippen molar-refractivity contribution in [2.45, 2.75) is 30.7 Å². The van der Waals surface area contributed by atoms with Gasteiger partial charge in [0.25, 0.3) is 0 Å². The Morgan fingerprint density at radius 3 is 2.62 bits per heavy atom. The number of anilines is 2. The van der Waals surface area contributed by atoms with Gasteiger partial charge in [0, 0.05) is 25.5 Å². The first kappa shape index (κ1) is 23.2. The summed E-state index contributed by atoms with van der Waals surface area (Å²) >= 11 is 5.59. The molecule has 1 saturated carbocycles. The summed E-state index contributed by atoms with van der Waals surface area (Å²) in [5.74, 6) is -0.611. The molecule has 5 N–H and O–H groups in total. The Morgan fingerprint density at radius 1 is 1.28 bits per heavy atom. The van der Waals surface area contributed by atoms with Crippen molar-refractivity contribution in [2.24, 2.45) is 5.92 Å². The molecule has 1 aromatic carbocycles. The number of ether oxygens (including phenoxy) is 1. The fraction of sp³-hybridized carbons (Fsp3) is 0.636. The molecule has 1 aromatic rings. The molecule has 0 bridgehead atoms. The summed E-state index contributed by atoms with van der Waals surface area (Å²) in [6.07, 6.45) is -1.79. The van der Waals surface area contributed by atoms with E-state index in [9.17, 15) is 15.0 Å². The van der Waals surface area contributed by atoms with E-state index in [1.165, 1.54) is 4.90 Å². The minimum absolute atomic E-state index is 0.111. The zero-order valence-electron chi connectivity index (χ0n) is 18.7. The minimum atomic E-state index is -0.995. The van der Waals surface area contributed by atoms with Crippen LogP contribution in [0.3, 0.4) is 0 Å². The van der Waals surface area contributed by atoms with E-state index < -0.39 is 24.2 Å². The summed E-state index contributed by atoms with van der Waals surface area (Å²) in [5, 5.41) is 27.8. The standard InChI is InChI=1S/C22H33N5O4S/c1-25(2)14-3-5-15(6-4-14)27-19-16(13-17(28)20(29)18(19)24-22(27)32)21(30)23-7-8-26-9-11-31-12-10-26/h3-6,16-20,28-29H,7-13H2,1-2H3,(H,23,30)(H,24,32)/p+1/t16-,17-,18-,19-,20+/m1/s1. The summed E-state index contributed by atoms with van der Waals surface area (Å²) in [5.41, 5.74) is 1.92. The average molecular weight is 465 g/mol. The summed E-state index contributed by atoms with van der Waals surface area (Å²) in [6.45, 7) is 4.81. The maximum absolute atomic E-state index is 13.2. The maximum Gasteiger partial charge on any atom is 0.225 e. The fourth-order valence-corrected chi connectivity index (χ4v) is 5.32. The molecule has 2 aliphatic heterocycles. The number of morpholine rings is 1. The van der Waals surface area contributed by atoms with Crippen LogP contribution in [0.25, 0.3) is 0 Å². The third kappa shape index (κ3) is 4.69. The molecule has 9 nitrogen and oxygen atoms in total. The largest absolute Gasteiger partial charge is 0.390 e. The van der Waals surface area contributed by atoms with Crippen molar-refractivity contribution in [1.82, 2.24) is 10.6 Å². The van der Waals surface area contributed by atoms with E-state index in [0.29, 0.717) is 11.7 Å². The summed E-state index contributed by atoms with van der Waals surface area (Å²) < 4.78 is 5.39. The van der Waals surface area contributed by atoms with Gasteiger partial charge in [0.1, 0.15) is 19.2 Å². The number of nitrogens with zero attached hydrogens (tertiary/aromatic N) is 2. The molecule has 2 heterocycles. The normalized spacial score (nSPS) is 30.6. The first-order valence-corrected chi connectivity index (χ1v) is 11.7. The molecule has 0 aromatic heterocycles. The molecule has 32 heavy (non-hydrogen) atoms. The highest BCUT2D eigenvalue weighted by molar-refractivity contribution is 7.80. The smallest absolute Gasteiger partial charge is 0.225 e. The van der Waals surface area contributed by atoms with Crippen LogP contribution in [0, 0.1) is 5.92 Å². The van der Waals surface area contributed by atoms with Gasteiger partial charge >= 0.3 is 0 Å². The van der Waals surface area contributed by atoms with Gasteiger partial charge in [0.2, 0.25) is 5.91 Å². The molecule has 176 valence electrons. The Kier molecular flexibility index (Phi) is 7.16. The van der Waals surface area contributed by atoms with Crippen molar-refractivity contribution in [3.8, 4) is 0 Å². The highest BCUT2D eigenvalue weighted by atomic mass is 32.1. The monoisotopic (exact) mass is 464 g/mol. The van der Waals surface area contributed by atoms with Crippen LogP contribution in [0.15, 0.2) is 24.3 Å². The first-order chi connectivity index (χ1) is 15.4. The number of hydrogen-bond donors (Lipinski definition) is 5. The lowest BCUT2D eigenvalue weighted by molar-refractivity contribution is -0.906. The number of quaternary nitrogens is 1. The number of benzene rings is 1. The van der Waals surface area contributed by atoms with Gasteiger partial charge in [0.05, 0.1) is 50.4 Å². The van der Waals surface area contributed by atoms with Gasteiger partial charge in [-0.3, -0.25) is 4.79 Å². The summed E-state index contributed by atoms with van der Waals surface area (Å²) in [7, 11) is 3.95. The molecule has 5 atom stereocenters. The lowest BCUT2D eigenvalue weighted by atomic mass is 9.77. The molecule has 2 saturated heterocycles. The second-order valence-electron chi connectivity index (χ2n) is 9.05. The van der Waals surface area contributed by atoms with Crippen LogP contribution in [-0.2, 0) is 9.53 Å². The van der Waals surface area contributed by atoms with Gasteiger partial charge in [-0.25, -0.2) is 0 Å². The molecule has 10 heteroatoms. The highest BCUT2D eigenvalue weighted by Crippen LogP contribution is 2.37. The zero-order valence-corrected chi connectivity index (χ0v) is 19.5. The number of nitrogens with one attached hydrogen (secondary N) is 3. The second-order valence-corrected chi connectivity index (χ2v) is 9.44. The highest BCUT2D eigenvalue weighted by Gasteiger charge is 2.53. The molecule has 1 aliphatic carbocycles. The Bertz CT molecular complexity index is 817. The molecular weight excluding hydrogens is 430 g/mol. The van der Waals surface area contributed by atoms with Crippen LogP contribution in [0.2, 0.25) is 0 Å². The molecule has 0 unspecified atom stereocenters. The molecule has 0 radical (unpaired) electrons. The molecule has 1 amide bonds. The second kappa shape index (κ2) is 9.88. The van der Waals surface area contributed by atoms with Crippen LogP contribution in [0.1, 0.15) is 6.42 Å². The van der Waals surface area contributed by atoms with Crippen LogP contribution in [0.5, 0.6) is 0 Å². The zero-order chi connectivity index (χ0) is 22.8. The minimum Gasteiger partial charge on any atom is -0.390 e. The van der Waals surface area contributed by atoms with Crippen molar-refractivity contribution in [1.29, 1.82) is 0 Å². The van der Waals surface area contributed by atoms with Crippen molar-refractivity contribution in [3.05, 3.63) is 24.3 Å². The molecule has 0 spiro atoms. The summed E-state index contributed by atoms with van der Waals surface area (Å²) in [4.78, 5) is 18.6. The third-order valence-electron chi connectivity index (χ3n) is 6.80. The first-order valence-electron chi connectivity index (χ1n) is 11.3. The Morgan fingerprint density at radius 2 is 1.97 bits per heavy atom. The number of amides is 1. The van der Waals surface area contributed by atoms with Gasteiger partial charge in [-0.1, -0.05) is 0 Å². The Hall–Kier alpha value is -1.98. The topological polar surface area (TPSA) is 102 Å². The van der Waals surface area contributed by atoms with E-state index in [-0.39, 0.29) is 18.4 Å². The van der Waals surface area contributed by atoms with Gasteiger partial charge in [-0.05, 0) is 42.9 Å². The van der Waals surface area contributed by atoms with Crippen LogP contribution < -0.4 is 25.3 Å². The number of carbonyl (C=O) groups is 1. The number of rotatable bonds is 6. The predicted molar refractivity (Wildman–Crippen MR) is 126 cm³/mol. The number of thiocarbonyl (C=S) groups is 1. The predicted octanol–water partition coefficient (Wildman–Crippen LogP) is -2.04. The van der Waals surface area contributed by atoms with E-state index in [1.54, 1.807) is 0 Å². The maximum atomic E-state index is 13.2. The molecule has 3 fully saturated rings. The number of fused-ring (bicyclic) bond motifs is 1. The Balaban J connectivity index is 1.50. The summed E-state index contributed by atoms with van der Waals surface area (Å²) in [6, 6.07) is 7.06. The van der Waals surface area contributed by atoms with Crippen LogP contribution >= 0.6 is 12.2 Å². The van der Waals surface area contributed by atoms with Gasteiger partial charge in [0.15, 0.2) is 5.11 Å². The van der Waals surface area contributed by atoms with Crippen LogP contribution in [-0.4, -0.2) is 99.0 Å². The van der Waals surface area contributed by atoms with Crippen molar-refractivity contribution in [3.63, 3.8) is 0 Å². The number of aliphatic hydroxyl groups is 2.